The lowest BCUT2D eigenvalue weighted by molar-refractivity contribution is -0.168. The van der Waals surface area contributed by atoms with Crippen molar-refractivity contribution in [3.63, 3.8) is 0 Å². The van der Waals surface area contributed by atoms with E-state index in [0.29, 0.717) is 17.8 Å². The fraction of sp³-hybridized carbons (Fsp3) is 0.389. The molecule has 0 saturated carbocycles. The smallest absolute Gasteiger partial charge is 0.330 e. The van der Waals surface area contributed by atoms with E-state index in [1.165, 1.54) is 4.90 Å². The molecule has 2 rings (SSSR count). The topological polar surface area (TPSA) is 41.6 Å². The molecule has 148 valence electrons. The number of amides is 2. The molecule has 9 heteroatoms. The number of thiophene rings is 1. The molecule has 2 amide bonds. The summed E-state index contributed by atoms with van der Waals surface area (Å²) in [4.78, 5) is 14.9. The summed E-state index contributed by atoms with van der Waals surface area (Å²) in [5, 5.41) is 4.66. The molecule has 0 aliphatic carbocycles. The predicted octanol–water partition coefficient (Wildman–Crippen LogP) is 5.14. The highest BCUT2D eigenvalue weighted by Gasteiger charge is 2.40. The van der Waals surface area contributed by atoms with E-state index < -0.39 is 19.0 Å². The third-order valence-electron chi connectivity index (χ3n) is 3.76. The van der Waals surface area contributed by atoms with Gasteiger partial charge in [0.25, 0.3) is 0 Å². The Hall–Kier alpha value is -2.13. The zero-order valence-corrected chi connectivity index (χ0v) is 15.7. The first-order chi connectivity index (χ1) is 12.7. The highest BCUT2D eigenvalue weighted by Crippen LogP contribution is 2.23. The second kappa shape index (κ2) is 9.18. The van der Waals surface area contributed by atoms with Gasteiger partial charge >= 0.3 is 18.4 Å². The Kier molecular flexibility index (Phi) is 7.20. The Bertz CT molecular complexity index is 767. The molecule has 0 aliphatic heterocycles. The van der Waals surface area contributed by atoms with Crippen LogP contribution in [-0.4, -0.2) is 36.9 Å². The van der Waals surface area contributed by atoms with E-state index in [2.05, 4.69) is 10.1 Å². The van der Waals surface area contributed by atoms with Crippen molar-refractivity contribution in [1.29, 1.82) is 0 Å². The monoisotopic (exact) mass is 404 g/mol. The van der Waals surface area contributed by atoms with E-state index in [-0.39, 0.29) is 12.6 Å². The maximum atomic E-state index is 12.8. The quantitative estimate of drug-likeness (QED) is 0.619. The van der Waals surface area contributed by atoms with Gasteiger partial charge in [-0.25, -0.2) is 13.6 Å². The molecule has 1 aromatic carbocycles. The van der Waals surface area contributed by atoms with Crippen molar-refractivity contribution in [3.8, 4) is 0 Å². The average Bonchev–Trinajstić information content (AvgIpc) is 2.99. The third kappa shape index (κ3) is 6.21. The van der Waals surface area contributed by atoms with Gasteiger partial charge in [-0.15, -0.1) is 11.3 Å². The number of alkyl halides is 4. The van der Waals surface area contributed by atoms with Crippen molar-refractivity contribution in [1.82, 2.24) is 4.90 Å². The fourth-order valence-electron chi connectivity index (χ4n) is 2.18. The van der Waals surface area contributed by atoms with E-state index in [0.717, 1.165) is 10.4 Å². The Balaban J connectivity index is 1.89. The second-order valence-corrected chi connectivity index (χ2v) is 7.07. The molecule has 0 unspecified atom stereocenters. The summed E-state index contributed by atoms with van der Waals surface area (Å²) in [6, 6.07) is 8.04. The largest absolute Gasteiger partial charge is 0.370 e. The van der Waals surface area contributed by atoms with Crippen LogP contribution in [0.3, 0.4) is 0 Å². The van der Waals surface area contributed by atoms with Crippen LogP contribution in [0.4, 0.5) is 28.0 Å². The van der Waals surface area contributed by atoms with Crippen molar-refractivity contribution in [3.05, 3.63) is 51.7 Å². The number of aryl methyl sites for hydroxylation is 1. The van der Waals surface area contributed by atoms with E-state index in [1.54, 1.807) is 42.6 Å². The molecule has 1 aromatic heterocycles. The van der Waals surface area contributed by atoms with Crippen LogP contribution in [0.25, 0.3) is 0 Å². The average molecular weight is 404 g/mol. The minimum atomic E-state index is -4.19. The number of halogens is 4. The van der Waals surface area contributed by atoms with E-state index in [9.17, 15) is 22.4 Å². The van der Waals surface area contributed by atoms with Crippen LogP contribution >= 0.6 is 11.3 Å². The second-order valence-electron chi connectivity index (χ2n) is 6.07. The molecule has 0 fully saturated rings. The van der Waals surface area contributed by atoms with E-state index in [4.69, 9.17) is 0 Å². The van der Waals surface area contributed by atoms with Crippen LogP contribution in [0, 0.1) is 6.92 Å². The van der Waals surface area contributed by atoms with Gasteiger partial charge in [0, 0.05) is 17.6 Å². The predicted molar refractivity (Wildman–Crippen MR) is 96.6 cm³/mol. The van der Waals surface area contributed by atoms with Gasteiger partial charge in [0.15, 0.2) is 0 Å². The lowest BCUT2D eigenvalue weighted by Crippen LogP contribution is -2.32. The molecular weight excluding hydrogens is 384 g/mol. The maximum Gasteiger partial charge on any atom is 0.330 e. The SMILES string of the molecule is Cc1ccsc1CN(C)C(=O)Nc1cccc(COCC(F)(F)C(F)F)c1. The van der Waals surface area contributed by atoms with Gasteiger partial charge in [-0.2, -0.15) is 8.78 Å². The molecule has 4 nitrogen and oxygen atoms in total. The van der Waals surface area contributed by atoms with E-state index >= 15 is 0 Å². The zero-order chi connectivity index (χ0) is 20.0. The number of ether oxygens (including phenoxy) is 1. The minimum Gasteiger partial charge on any atom is -0.370 e. The molecule has 2 aromatic rings. The van der Waals surface area contributed by atoms with Gasteiger partial charge in [0.1, 0.15) is 6.61 Å². The number of benzene rings is 1. The first kappa shape index (κ1) is 21.2. The summed E-state index contributed by atoms with van der Waals surface area (Å²) in [7, 11) is 1.66. The van der Waals surface area contributed by atoms with Crippen LogP contribution in [0.5, 0.6) is 0 Å². The summed E-state index contributed by atoms with van der Waals surface area (Å²) >= 11 is 1.56. The molecule has 1 heterocycles. The fourth-order valence-corrected chi connectivity index (χ4v) is 3.14. The van der Waals surface area contributed by atoms with Crippen LogP contribution < -0.4 is 5.32 Å². The Morgan fingerprint density at radius 1 is 1.33 bits per heavy atom. The van der Waals surface area contributed by atoms with Crippen molar-refractivity contribution >= 4 is 23.1 Å². The van der Waals surface area contributed by atoms with Crippen molar-refractivity contribution in [2.24, 2.45) is 0 Å². The van der Waals surface area contributed by atoms with Crippen LogP contribution in [0.15, 0.2) is 35.7 Å². The summed E-state index contributed by atoms with van der Waals surface area (Å²) in [5.74, 6) is -4.19. The number of hydrogen-bond donors (Lipinski definition) is 1. The van der Waals surface area contributed by atoms with Crippen molar-refractivity contribution in [2.45, 2.75) is 32.4 Å². The van der Waals surface area contributed by atoms with Crippen LogP contribution in [0.1, 0.15) is 16.0 Å². The summed E-state index contributed by atoms with van der Waals surface area (Å²) in [5.41, 5.74) is 2.05. The molecule has 27 heavy (non-hydrogen) atoms. The van der Waals surface area contributed by atoms with Gasteiger partial charge in [-0.1, -0.05) is 12.1 Å². The number of urea groups is 1. The number of carbonyl (C=O) groups excluding carboxylic acids is 1. The van der Waals surface area contributed by atoms with Gasteiger partial charge in [0.05, 0.1) is 13.2 Å². The van der Waals surface area contributed by atoms with Crippen LogP contribution in [0.2, 0.25) is 0 Å². The van der Waals surface area contributed by atoms with Gasteiger partial charge in [-0.05, 0) is 41.6 Å². The standard InChI is InChI=1S/C18H20F4N2O2S/c1-12-6-7-27-15(12)9-24(2)17(25)23-14-5-3-4-13(8-14)10-26-11-18(21,22)16(19)20/h3-8,16H,9-11H2,1-2H3,(H,23,25). The van der Waals surface area contributed by atoms with Gasteiger partial charge in [0.2, 0.25) is 0 Å². The summed E-state index contributed by atoms with van der Waals surface area (Å²) < 4.78 is 54.6. The number of rotatable bonds is 8. The molecule has 0 atom stereocenters. The highest BCUT2D eigenvalue weighted by atomic mass is 32.1. The first-order valence-corrected chi connectivity index (χ1v) is 8.95. The van der Waals surface area contributed by atoms with Gasteiger partial charge in [-0.3, -0.25) is 0 Å². The number of nitrogens with one attached hydrogen (secondary N) is 1. The van der Waals surface area contributed by atoms with Gasteiger partial charge < -0.3 is 15.0 Å². The van der Waals surface area contributed by atoms with Crippen molar-refractivity contribution in [2.75, 3.05) is 19.0 Å². The Morgan fingerprint density at radius 2 is 2.07 bits per heavy atom. The molecule has 0 bridgehead atoms. The Labute approximate surface area is 158 Å². The molecule has 0 aliphatic rings. The molecule has 1 N–H and O–H groups in total. The zero-order valence-electron chi connectivity index (χ0n) is 14.8. The van der Waals surface area contributed by atoms with Crippen LogP contribution in [-0.2, 0) is 17.9 Å². The Morgan fingerprint density at radius 3 is 2.70 bits per heavy atom. The summed E-state index contributed by atoms with van der Waals surface area (Å²) in [6.45, 7) is 0.792. The van der Waals surface area contributed by atoms with E-state index in [1.807, 2.05) is 18.4 Å². The maximum absolute atomic E-state index is 12.8. The molecule has 0 spiro atoms. The highest BCUT2D eigenvalue weighted by molar-refractivity contribution is 7.10. The minimum absolute atomic E-state index is 0.268. The normalized spacial score (nSPS) is 11.7. The number of carbonyl (C=O) groups is 1. The number of nitrogens with zero attached hydrogens (tertiary/aromatic N) is 1. The third-order valence-corrected chi connectivity index (χ3v) is 4.76. The lowest BCUT2D eigenvalue weighted by Gasteiger charge is -2.18. The summed E-state index contributed by atoms with van der Waals surface area (Å²) in [6.07, 6.45) is -3.77. The van der Waals surface area contributed by atoms with Crippen molar-refractivity contribution < 1.29 is 27.1 Å². The lowest BCUT2D eigenvalue weighted by atomic mass is 10.2. The molecule has 0 radical (unpaired) electrons. The molecule has 0 saturated heterocycles. The molecular formula is C18H20F4N2O2S. The number of anilines is 1. The number of hydrogen-bond acceptors (Lipinski definition) is 3. The first-order valence-electron chi connectivity index (χ1n) is 8.07.